The maximum atomic E-state index is 11.6. The minimum atomic E-state index is -0.332. The molecular weight excluding hydrogens is 236 g/mol. The van der Waals surface area contributed by atoms with Gasteiger partial charge in [0.25, 0.3) is 0 Å². The average Bonchev–Trinajstić information content (AvgIpc) is 2.78. The third-order valence-corrected chi connectivity index (χ3v) is 2.98. The van der Waals surface area contributed by atoms with Crippen LogP contribution in [0.15, 0.2) is 35.7 Å². The van der Waals surface area contributed by atoms with Crippen LogP contribution in [0.3, 0.4) is 0 Å². The molecule has 0 aliphatic heterocycles. The van der Waals surface area contributed by atoms with Crippen LogP contribution in [0.1, 0.15) is 15.2 Å². The Morgan fingerprint density at radius 1 is 1.24 bits per heavy atom. The molecule has 2 rings (SSSR count). The van der Waals surface area contributed by atoms with Crippen molar-refractivity contribution < 1.29 is 9.53 Å². The molecule has 0 atom stereocenters. The first-order valence-electron chi connectivity index (χ1n) is 5.01. The number of esters is 1. The van der Waals surface area contributed by atoms with Gasteiger partial charge in [0.15, 0.2) is 0 Å². The van der Waals surface area contributed by atoms with Crippen molar-refractivity contribution in [1.82, 2.24) is 0 Å². The van der Waals surface area contributed by atoms with Crippen LogP contribution in [-0.2, 0) is 11.3 Å². The molecule has 5 heteroatoms. The zero-order chi connectivity index (χ0) is 12.3. The first kappa shape index (κ1) is 11.5. The molecular formula is C12H12N2O2S. The van der Waals surface area contributed by atoms with Gasteiger partial charge in [0.05, 0.1) is 0 Å². The van der Waals surface area contributed by atoms with E-state index < -0.39 is 0 Å². The number of rotatable bonds is 3. The van der Waals surface area contributed by atoms with Crippen LogP contribution < -0.4 is 11.5 Å². The van der Waals surface area contributed by atoms with Crippen molar-refractivity contribution in [1.29, 1.82) is 0 Å². The van der Waals surface area contributed by atoms with Gasteiger partial charge in [-0.1, -0.05) is 6.07 Å². The van der Waals surface area contributed by atoms with E-state index in [1.807, 2.05) is 5.38 Å². The Kier molecular flexibility index (Phi) is 3.30. The summed E-state index contributed by atoms with van der Waals surface area (Å²) in [6.07, 6.45) is 0. The Morgan fingerprint density at radius 3 is 2.53 bits per heavy atom. The van der Waals surface area contributed by atoms with Crippen LogP contribution >= 0.6 is 11.3 Å². The van der Waals surface area contributed by atoms with Gasteiger partial charge < -0.3 is 16.2 Å². The Bertz CT molecular complexity index is 503. The van der Waals surface area contributed by atoms with Crippen molar-refractivity contribution in [2.75, 3.05) is 11.5 Å². The summed E-state index contributed by atoms with van der Waals surface area (Å²) in [5, 5.41) is 1.83. The molecule has 1 heterocycles. The van der Waals surface area contributed by atoms with Gasteiger partial charge >= 0.3 is 5.97 Å². The van der Waals surface area contributed by atoms with Crippen LogP contribution in [0.5, 0.6) is 0 Å². The second kappa shape index (κ2) is 4.88. The lowest BCUT2D eigenvalue weighted by atomic mass is 10.2. The molecule has 0 radical (unpaired) electrons. The predicted molar refractivity (Wildman–Crippen MR) is 68.7 cm³/mol. The Hall–Kier alpha value is -2.01. The van der Waals surface area contributed by atoms with E-state index in [1.54, 1.807) is 30.3 Å². The average molecular weight is 248 g/mol. The van der Waals surface area contributed by atoms with E-state index in [-0.39, 0.29) is 12.6 Å². The highest BCUT2D eigenvalue weighted by atomic mass is 32.1. The van der Waals surface area contributed by atoms with Crippen LogP contribution in [0.4, 0.5) is 11.4 Å². The summed E-state index contributed by atoms with van der Waals surface area (Å²) in [5.41, 5.74) is 13.2. The first-order chi connectivity index (χ1) is 8.15. The second-order valence-corrected chi connectivity index (χ2v) is 4.51. The zero-order valence-electron chi connectivity index (χ0n) is 9.05. The standard InChI is InChI=1S/C12H12N2O2S/c13-9-4-8(5-10(14)6-9)7-16-12(15)11-2-1-3-17-11/h1-6H,7,13-14H2. The molecule has 0 saturated heterocycles. The minimum absolute atomic E-state index is 0.173. The van der Waals surface area contributed by atoms with E-state index in [0.717, 1.165) is 5.56 Å². The first-order valence-corrected chi connectivity index (χ1v) is 5.88. The lowest BCUT2D eigenvalue weighted by molar-refractivity contribution is 0.0478. The molecule has 4 nitrogen and oxygen atoms in total. The van der Waals surface area contributed by atoms with Gasteiger partial charge in [-0.2, -0.15) is 0 Å². The van der Waals surface area contributed by atoms with Crippen molar-refractivity contribution in [2.45, 2.75) is 6.61 Å². The molecule has 0 amide bonds. The van der Waals surface area contributed by atoms with Gasteiger partial charge in [-0.05, 0) is 35.2 Å². The number of thiophene rings is 1. The van der Waals surface area contributed by atoms with Gasteiger partial charge in [0.1, 0.15) is 11.5 Å². The SMILES string of the molecule is Nc1cc(N)cc(COC(=O)c2cccs2)c1. The monoisotopic (exact) mass is 248 g/mol. The Labute approximate surface area is 103 Å². The predicted octanol–water partition coefficient (Wildman–Crippen LogP) is 2.27. The lowest BCUT2D eigenvalue weighted by Gasteiger charge is -2.05. The topological polar surface area (TPSA) is 78.3 Å². The summed E-state index contributed by atoms with van der Waals surface area (Å²) >= 11 is 1.35. The molecule has 1 aromatic heterocycles. The number of carbonyl (C=O) groups is 1. The zero-order valence-corrected chi connectivity index (χ0v) is 9.87. The van der Waals surface area contributed by atoms with Crippen LogP contribution in [-0.4, -0.2) is 5.97 Å². The highest BCUT2D eigenvalue weighted by molar-refractivity contribution is 7.11. The molecule has 4 N–H and O–H groups in total. The number of hydrogen-bond acceptors (Lipinski definition) is 5. The number of carbonyl (C=O) groups excluding carboxylic acids is 1. The van der Waals surface area contributed by atoms with Crippen LogP contribution in [0.2, 0.25) is 0 Å². The van der Waals surface area contributed by atoms with Gasteiger partial charge in [-0.15, -0.1) is 11.3 Å². The smallest absolute Gasteiger partial charge is 0.348 e. The molecule has 0 saturated carbocycles. The molecule has 1 aromatic carbocycles. The third-order valence-electron chi connectivity index (χ3n) is 2.13. The fourth-order valence-corrected chi connectivity index (χ4v) is 2.06. The van der Waals surface area contributed by atoms with Crippen molar-refractivity contribution in [2.24, 2.45) is 0 Å². The van der Waals surface area contributed by atoms with E-state index >= 15 is 0 Å². The van der Waals surface area contributed by atoms with Gasteiger partial charge in [0, 0.05) is 11.4 Å². The summed E-state index contributed by atoms with van der Waals surface area (Å²) in [6.45, 7) is 0.173. The molecule has 0 unspecified atom stereocenters. The molecule has 17 heavy (non-hydrogen) atoms. The molecule has 0 bridgehead atoms. The van der Waals surface area contributed by atoms with Crippen molar-refractivity contribution in [3.63, 3.8) is 0 Å². The fraction of sp³-hybridized carbons (Fsp3) is 0.0833. The quantitative estimate of drug-likeness (QED) is 0.645. The number of ether oxygens (including phenoxy) is 1. The molecule has 0 spiro atoms. The van der Waals surface area contributed by atoms with E-state index in [4.69, 9.17) is 16.2 Å². The van der Waals surface area contributed by atoms with Gasteiger partial charge in [-0.3, -0.25) is 0 Å². The summed E-state index contributed by atoms with van der Waals surface area (Å²) in [5.74, 6) is -0.332. The molecule has 2 aromatic rings. The number of nitrogen functional groups attached to an aromatic ring is 2. The van der Waals surface area contributed by atoms with E-state index in [2.05, 4.69) is 0 Å². The molecule has 88 valence electrons. The van der Waals surface area contributed by atoms with Crippen LogP contribution in [0.25, 0.3) is 0 Å². The maximum absolute atomic E-state index is 11.6. The third kappa shape index (κ3) is 2.98. The van der Waals surface area contributed by atoms with Gasteiger partial charge in [0.2, 0.25) is 0 Å². The number of benzene rings is 1. The second-order valence-electron chi connectivity index (χ2n) is 3.56. The van der Waals surface area contributed by atoms with Gasteiger partial charge in [-0.25, -0.2) is 4.79 Å². The van der Waals surface area contributed by atoms with Crippen molar-refractivity contribution >= 4 is 28.7 Å². The molecule has 0 aliphatic carbocycles. The number of anilines is 2. The van der Waals surface area contributed by atoms with E-state index in [9.17, 15) is 4.79 Å². The van der Waals surface area contributed by atoms with Crippen molar-refractivity contribution in [3.8, 4) is 0 Å². The summed E-state index contributed by atoms with van der Waals surface area (Å²) in [4.78, 5) is 12.2. The molecule has 0 fully saturated rings. The highest BCUT2D eigenvalue weighted by Gasteiger charge is 2.08. The molecule has 0 aliphatic rings. The van der Waals surface area contributed by atoms with E-state index in [1.165, 1.54) is 11.3 Å². The Morgan fingerprint density at radius 2 is 1.94 bits per heavy atom. The minimum Gasteiger partial charge on any atom is -0.457 e. The lowest BCUT2D eigenvalue weighted by Crippen LogP contribution is -2.04. The van der Waals surface area contributed by atoms with Crippen molar-refractivity contribution in [3.05, 3.63) is 46.2 Å². The summed E-state index contributed by atoms with van der Waals surface area (Å²) < 4.78 is 5.14. The fourth-order valence-electron chi connectivity index (χ4n) is 1.44. The normalized spacial score (nSPS) is 10.1. The Balaban J connectivity index is 2.00. The van der Waals surface area contributed by atoms with E-state index in [0.29, 0.717) is 16.3 Å². The summed E-state index contributed by atoms with van der Waals surface area (Å²) in [6, 6.07) is 8.65. The van der Waals surface area contributed by atoms with Crippen LogP contribution in [0, 0.1) is 0 Å². The number of hydrogen-bond donors (Lipinski definition) is 2. The largest absolute Gasteiger partial charge is 0.457 e. The maximum Gasteiger partial charge on any atom is 0.348 e. The highest BCUT2D eigenvalue weighted by Crippen LogP contribution is 2.16. The number of nitrogens with two attached hydrogens (primary N) is 2. The summed E-state index contributed by atoms with van der Waals surface area (Å²) in [7, 11) is 0.